The van der Waals surface area contributed by atoms with Gasteiger partial charge in [0.2, 0.25) is 11.8 Å². The number of Topliss-reactive ketones (excluding diaryl/α,β-unsaturated/α-hetero) is 1. The number of thioether (sulfide) groups is 1. The molecule has 0 bridgehead atoms. The molecule has 5 nitrogen and oxygen atoms in total. The number of hydrogen-bond donors (Lipinski definition) is 0. The van der Waals surface area contributed by atoms with E-state index in [0.29, 0.717) is 32.6 Å². The third-order valence-electron chi connectivity index (χ3n) is 5.81. The van der Waals surface area contributed by atoms with E-state index in [2.05, 4.69) is 0 Å². The van der Waals surface area contributed by atoms with Crippen molar-refractivity contribution < 1.29 is 14.4 Å². The Morgan fingerprint density at radius 1 is 0.846 bits per heavy atom. The lowest BCUT2D eigenvalue weighted by Gasteiger charge is -2.37. The number of carbonyl (C=O) groups excluding carboxylic acids is 3. The smallest absolute Gasteiger partial charge is 0.225 e. The molecule has 2 unspecified atom stereocenters. The number of carbonyl (C=O) groups is 3. The van der Waals surface area contributed by atoms with Crippen molar-refractivity contribution in [2.45, 2.75) is 67.7 Å². The first-order chi connectivity index (χ1) is 12.5. The Hall–Kier alpha value is -0.750. The Labute approximate surface area is 165 Å². The molecule has 7 heteroatoms. The second-order valence-electron chi connectivity index (χ2n) is 7.62. The number of halogens is 1. The number of piperazine rings is 1. The monoisotopic (exact) mass is 400 g/mol. The third-order valence-corrected chi connectivity index (χ3v) is 7.70. The molecule has 3 fully saturated rings. The first-order valence-corrected chi connectivity index (χ1v) is 11.3. The number of hydrogen-bond acceptors (Lipinski definition) is 4. The van der Waals surface area contributed by atoms with Gasteiger partial charge in [0.1, 0.15) is 5.78 Å². The van der Waals surface area contributed by atoms with Gasteiger partial charge in [0.15, 0.2) is 0 Å². The maximum absolute atomic E-state index is 12.6. The summed E-state index contributed by atoms with van der Waals surface area (Å²) in [4.78, 5) is 40.9. The van der Waals surface area contributed by atoms with Crippen molar-refractivity contribution in [1.82, 2.24) is 9.80 Å². The lowest BCUT2D eigenvalue weighted by Crippen LogP contribution is -2.52. The average Bonchev–Trinajstić information content (AvgIpc) is 3.12. The van der Waals surface area contributed by atoms with Gasteiger partial charge in [-0.3, -0.25) is 14.4 Å². The van der Waals surface area contributed by atoms with Crippen molar-refractivity contribution >= 4 is 41.0 Å². The van der Waals surface area contributed by atoms with E-state index in [4.69, 9.17) is 11.6 Å². The van der Waals surface area contributed by atoms with Crippen LogP contribution in [0.5, 0.6) is 0 Å². The molecule has 2 heterocycles. The molecule has 2 aliphatic heterocycles. The van der Waals surface area contributed by atoms with Crippen LogP contribution in [-0.2, 0) is 14.4 Å². The van der Waals surface area contributed by atoms with Crippen LogP contribution in [0.25, 0.3) is 0 Å². The van der Waals surface area contributed by atoms with Crippen molar-refractivity contribution in [3.8, 4) is 0 Å². The van der Waals surface area contributed by atoms with Crippen LogP contribution in [0.15, 0.2) is 0 Å². The topological polar surface area (TPSA) is 57.7 Å². The number of rotatable bonds is 5. The highest BCUT2D eigenvalue weighted by atomic mass is 35.5. The minimum Gasteiger partial charge on any atom is -0.339 e. The molecule has 1 aliphatic carbocycles. The van der Waals surface area contributed by atoms with Crippen molar-refractivity contribution in [3.05, 3.63) is 0 Å². The summed E-state index contributed by atoms with van der Waals surface area (Å²) in [5, 5.41) is -0.0322. The van der Waals surface area contributed by atoms with Crippen LogP contribution < -0.4 is 0 Å². The molecule has 3 aliphatic rings. The highest BCUT2D eigenvalue weighted by Gasteiger charge is 2.31. The molecular formula is C19H29ClN2O3S. The van der Waals surface area contributed by atoms with E-state index in [1.807, 2.05) is 9.80 Å². The molecule has 0 aromatic rings. The number of nitrogens with zero attached hydrogens (tertiary/aromatic N) is 2. The number of ketones is 1. The molecular weight excluding hydrogens is 372 g/mol. The fraction of sp³-hybridized carbons (Fsp3) is 0.842. The Bertz CT molecular complexity index is 531. The predicted octanol–water partition coefficient (Wildman–Crippen LogP) is 3.05. The van der Waals surface area contributed by atoms with E-state index >= 15 is 0 Å². The van der Waals surface area contributed by atoms with Crippen LogP contribution in [0.1, 0.15) is 57.8 Å². The highest BCUT2D eigenvalue weighted by molar-refractivity contribution is 8.02. The summed E-state index contributed by atoms with van der Waals surface area (Å²) in [5.41, 5.74) is 0. The van der Waals surface area contributed by atoms with E-state index in [1.54, 1.807) is 0 Å². The molecule has 1 saturated carbocycles. The minimum absolute atomic E-state index is 0.0322. The summed E-state index contributed by atoms with van der Waals surface area (Å²) in [5.74, 6) is 0.658. The zero-order chi connectivity index (χ0) is 18.5. The highest BCUT2D eigenvalue weighted by Crippen LogP contribution is 2.37. The standard InChI is InChI=1S/C19H29ClN2O3S/c20-17-8-7-16(26-17)15(23)6-9-18(24)21-10-12-22(13-11-21)19(25)14-4-2-1-3-5-14/h14,16-17H,1-13H2. The second kappa shape index (κ2) is 9.45. The zero-order valence-electron chi connectivity index (χ0n) is 15.3. The molecule has 0 aromatic carbocycles. The van der Waals surface area contributed by atoms with E-state index in [9.17, 15) is 14.4 Å². The van der Waals surface area contributed by atoms with E-state index in [1.165, 1.54) is 18.2 Å². The number of amides is 2. The van der Waals surface area contributed by atoms with Crippen molar-refractivity contribution in [1.29, 1.82) is 0 Å². The molecule has 0 aromatic heterocycles. The summed E-state index contributed by atoms with van der Waals surface area (Å²) in [7, 11) is 0. The van der Waals surface area contributed by atoms with E-state index in [-0.39, 0.29) is 39.9 Å². The van der Waals surface area contributed by atoms with E-state index < -0.39 is 0 Å². The van der Waals surface area contributed by atoms with Gasteiger partial charge in [-0.15, -0.1) is 23.4 Å². The van der Waals surface area contributed by atoms with Gasteiger partial charge >= 0.3 is 0 Å². The lowest BCUT2D eigenvalue weighted by atomic mass is 9.88. The predicted molar refractivity (Wildman–Crippen MR) is 104 cm³/mol. The largest absolute Gasteiger partial charge is 0.339 e. The summed E-state index contributed by atoms with van der Waals surface area (Å²) in [6.45, 7) is 2.43. The molecule has 26 heavy (non-hydrogen) atoms. The van der Waals surface area contributed by atoms with Gasteiger partial charge in [-0.05, 0) is 25.7 Å². The molecule has 2 amide bonds. The fourth-order valence-corrected chi connectivity index (χ4v) is 5.84. The second-order valence-corrected chi connectivity index (χ2v) is 9.82. The molecule has 0 N–H and O–H groups in total. The van der Waals surface area contributed by atoms with Crippen LogP contribution in [0, 0.1) is 5.92 Å². The molecule has 0 spiro atoms. The summed E-state index contributed by atoms with van der Waals surface area (Å²) < 4.78 is 0.0365. The zero-order valence-corrected chi connectivity index (χ0v) is 16.9. The van der Waals surface area contributed by atoms with Gasteiger partial charge in [0.25, 0.3) is 0 Å². The van der Waals surface area contributed by atoms with Crippen LogP contribution in [0.4, 0.5) is 0 Å². The van der Waals surface area contributed by atoms with Crippen LogP contribution in [0.2, 0.25) is 0 Å². The Kier molecular flexibility index (Phi) is 7.27. The first kappa shape index (κ1) is 20.0. The Balaban J connectivity index is 1.38. The summed E-state index contributed by atoms with van der Waals surface area (Å²) >= 11 is 7.56. The maximum atomic E-state index is 12.6. The summed E-state index contributed by atoms with van der Waals surface area (Å²) in [6.07, 6.45) is 7.88. The van der Waals surface area contributed by atoms with Crippen molar-refractivity contribution in [2.75, 3.05) is 26.2 Å². The molecule has 146 valence electrons. The van der Waals surface area contributed by atoms with Gasteiger partial charge in [-0.2, -0.15) is 0 Å². The Morgan fingerprint density at radius 2 is 1.50 bits per heavy atom. The molecule has 3 rings (SSSR count). The van der Waals surface area contributed by atoms with Gasteiger partial charge < -0.3 is 9.80 Å². The minimum atomic E-state index is -0.0322. The average molecular weight is 401 g/mol. The third kappa shape index (κ3) is 5.16. The van der Waals surface area contributed by atoms with Crippen LogP contribution in [0.3, 0.4) is 0 Å². The normalized spacial score (nSPS) is 27.6. The molecule has 0 radical (unpaired) electrons. The lowest BCUT2D eigenvalue weighted by molar-refractivity contribution is -0.143. The van der Waals surface area contributed by atoms with Crippen LogP contribution >= 0.6 is 23.4 Å². The Morgan fingerprint density at radius 3 is 2.12 bits per heavy atom. The maximum Gasteiger partial charge on any atom is 0.225 e. The van der Waals surface area contributed by atoms with Crippen molar-refractivity contribution in [2.24, 2.45) is 5.92 Å². The van der Waals surface area contributed by atoms with Crippen molar-refractivity contribution in [3.63, 3.8) is 0 Å². The SMILES string of the molecule is O=C(CCC(=O)N1CCN(C(=O)C2CCCCC2)CC1)C1CCC(Cl)S1. The van der Waals surface area contributed by atoms with E-state index in [0.717, 1.165) is 38.5 Å². The van der Waals surface area contributed by atoms with Crippen LogP contribution in [-0.4, -0.2) is 63.5 Å². The fourth-order valence-electron chi connectivity index (χ4n) is 4.17. The molecule has 2 saturated heterocycles. The summed E-state index contributed by atoms with van der Waals surface area (Å²) in [6, 6.07) is 0. The van der Waals surface area contributed by atoms with Gasteiger partial charge in [0.05, 0.1) is 9.96 Å². The van der Waals surface area contributed by atoms with Gasteiger partial charge in [-0.1, -0.05) is 19.3 Å². The number of alkyl halides is 1. The molecule has 2 atom stereocenters. The first-order valence-electron chi connectivity index (χ1n) is 9.93. The quantitative estimate of drug-likeness (QED) is 0.665. The van der Waals surface area contributed by atoms with Gasteiger partial charge in [-0.25, -0.2) is 0 Å². The van der Waals surface area contributed by atoms with Gasteiger partial charge in [0, 0.05) is 44.9 Å².